The van der Waals surface area contributed by atoms with Gasteiger partial charge in [-0.15, -0.1) is 0 Å². The van der Waals surface area contributed by atoms with E-state index in [1.807, 2.05) is 6.92 Å². The standard InChI is InChI=1S/C13H17FN2O2/c1-3-17-11-8-18-12(15)16-13(11,2)9-6-4-5-7-10(9)14/h4-7,11H,3,8H2,1-2H3,(H2,15,16)/t11-,13+/m0/s1. The van der Waals surface area contributed by atoms with E-state index in [9.17, 15) is 4.39 Å². The Bertz CT molecular complexity index is 464. The molecule has 0 amide bonds. The molecule has 2 atom stereocenters. The van der Waals surface area contributed by atoms with Crippen LogP contribution in [0.1, 0.15) is 19.4 Å². The maximum atomic E-state index is 14.0. The van der Waals surface area contributed by atoms with Crippen LogP contribution >= 0.6 is 0 Å². The van der Waals surface area contributed by atoms with Crippen molar-refractivity contribution in [2.24, 2.45) is 10.7 Å². The van der Waals surface area contributed by atoms with E-state index in [0.717, 1.165) is 0 Å². The van der Waals surface area contributed by atoms with Crippen LogP contribution in [-0.4, -0.2) is 25.3 Å². The van der Waals surface area contributed by atoms with Crippen molar-refractivity contribution in [3.05, 3.63) is 35.6 Å². The van der Waals surface area contributed by atoms with Crippen LogP contribution in [0.5, 0.6) is 0 Å². The Kier molecular flexibility index (Phi) is 3.52. The molecule has 0 bridgehead atoms. The number of hydrogen-bond donors (Lipinski definition) is 1. The Hall–Kier alpha value is -1.62. The van der Waals surface area contributed by atoms with Gasteiger partial charge in [0.25, 0.3) is 6.02 Å². The van der Waals surface area contributed by atoms with E-state index in [1.54, 1.807) is 25.1 Å². The van der Waals surface area contributed by atoms with Crippen LogP contribution in [0.25, 0.3) is 0 Å². The highest BCUT2D eigenvalue weighted by Crippen LogP contribution is 2.35. The van der Waals surface area contributed by atoms with Crippen LogP contribution in [0.3, 0.4) is 0 Å². The SMILES string of the molecule is CCO[C@H]1COC(N)=N[C@]1(C)c1ccccc1F. The van der Waals surface area contributed by atoms with Crippen LogP contribution in [0.15, 0.2) is 29.3 Å². The number of nitrogens with two attached hydrogens (primary N) is 1. The third-order valence-corrected chi connectivity index (χ3v) is 3.14. The van der Waals surface area contributed by atoms with Gasteiger partial charge in [0.1, 0.15) is 24.1 Å². The first-order chi connectivity index (χ1) is 8.58. The first kappa shape index (κ1) is 12.8. The number of hydrogen-bond acceptors (Lipinski definition) is 4. The molecule has 18 heavy (non-hydrogen) atoms. The average Bonchev–Trinajstić information content (AvgIpc) is 2.33. The first-order valence-electron chi connectivity index (χ1n) is 5.92. The molecule has 1 heterocycles. The lowest BCUT2D eigenvalue weighted by atomic mass is 9.86. The van der Waals surface area contributed by atoms with E-state index in [-0.39, 0.29) is 24.5 Å². The third-order valence-electron chi connectivity index (χ3n) is 3.14. The number of rotatable bonds is 3. The normalized spacial score (nSPS) is 27.5. The summed E-state index contributed by atoms with van der Waals surface area (Å²) in [6.45, 7) is 4.46. The number of aliphatic imine (C=N–C) groups is 1. The van der Waals surface area contributed by atoms with Crippen LogP contribution < -0.4 is 5.73 Å². The second-order valence-corrected chi connectivity index (χ2v) is 4.33. The highest BCUT2D eigenvalue weighted by Gasteiger charge is 2.42. The van der Waals surface area contributed by atoms with Crippen molar-refractivity contribution in [1.82, 2.24) is 0 Å². The minimum Gasteiger partial charge on any atom is -0.463 e. The smallest absolute Gasteiger partial charge is 0.282 e. The molecular weight excluding hydrogens is 235 g/mol. The molecule has 0 aliphatic carbocycles. The minimum absolute atomic E-state index is 0.0664. The molecule has 5 heteroatoms. The highest BCUT2D eigenvalue weighted by molar-refractivity contribution is 5.73. The molecule has 0 saturated heterocycles. The van der Waals surface area contributed by atoms with Crippen molar-refractivity contribution < 1.29 is 13.9 Å². The van der Waals surface area contributed by atoms with Gasteiger partial charge in [0.15, 0.2) is 0 Å². The summed E-state index contributed by atoms with van der Waals surface area (Å²) < 4.78 is 24.7. The fourth-order valence-corrected chi connectivity index (χ4v) is 2.17. The predicted octanol–water partition coefficient (Wildman–Crippen LogP) is 1.79. The summed E-state index contributed by atoms with van der Waals surface area (Å²) in [6.07, 6.45) is -0.355. The van der Waals surface area contributed by atoms with Crippen molar-refractivity contribution in [1.29, 1.82) is 0 Å². The van der Waals surface area contributed by atoms with Crippen LogP contribution in [0.4, 0.5) is 4.39 Å². The summed E-state index contributed by atoms with van der Waals surface area (Å²) in [4.78, 5) is 4.25. The van der Waals surface area contributed by atoms with Gasteiger partial charge in [-0.25, -0.2) is 9.38 Å². The Balaban J connectivity index is 2.47. The average molecular weight is 252 g/mol. The second-order valence-electron chi connectivity index (χ2n) is 4.33. The lowest BCUT2D eigenvalue weighted by molar-refractivity contribution is -0.0353. The monoisotopic (exact) mass is 252 g/mol. The maximum Gasteiger partial charge on any atom is 0.282 e. The minimum atomic E-state index is -0.857. The summed E-state index contributed by atoms with van der Waals surface area (Å²) in [5, 5.41) is 0. The summed E-state index contributed by atoms with van der Waals surface area (Å²) in [5.74, 6) is -0.317. The van der Waals surface area contributed by atoms with E-state index in [0.29, 0.717) is 12.2 Å². The molecule has 98 valence electrons. The number of halogens is 1. The summed E-state index contributed by atoms with van der Waals surface area (Å²) in [6, 6.07) is 6.59. The Morgan fingerprint density at radius 1 is 1.56 bits per heavy atom. The molecule has 0 spiro atoms. The first-order valence-corrected chi connectivity index (χ1v) is 5.92. The molecular formula is C13H17FN2O2. The molecule has 4 nitrogen and oxygen atoms in total. The van der Waals surface area contributed by atoms with Crippen molar-refractivity contribution in [3.63, 3.8) is 0 Å². The Morgan fingerprint density at radius 2 is 2.28 bits per heavy atom. The topological polar surface area (TPSA) is 56.8 Å². The molecule has 0 fully saturated rings. The molecule has 1 aromatic carbocycles. The van der Waals surface area contributed by atoms with Crippen molar-refractivity contribution >= 4 is 6.02 Å². The predicted molar refractivity (Wildman–Crippen MR) is 66.7 cm³/mol. The van der Waals surface area contributed by atoms with Crippen LogP contribution in [0.2, 0.25) is 0 Å². The summed E-state index contributed by atoms with van der Waals surface area (Å²) in [5.41, 5.74) is 5.22. The van der Waals surface area contributed by atoms with Crippen molar-refractivity contribution in [2.45, 2.75) is 25.5 Å². The van der Waals surface area contributed by atoms with Gasteiger partial charge in [0, 0.05) is 12.2 Å². The van der Waals surface area contributed by atoms with Crippen molar-refractivity contribution in [3.8, 4) is 0 Å². The third kappa shape index (κ3) is 2.18. The molecule has 1 aliphatic heterocycles. The van der Waals surface area contributed by atoms with Crippen LogP contribution in [-0.2, 0) is 15.0 Å². The number of ether oxygens (including phenoxy) is 2. The van der Waals surface area contributed by atoms with E-state index in [2.05, 4.69) is 4.99 Å². The molecule has 0 saturated carbocycles. The molecule has 0 aromatic heterocycles. The molecule has 1 aromatic rings. The Labute approximate surface area is 106 Å². The number of nitrogens with zero attached hydrogens (tertiary/aromatic N) is 1. The van der Waals surface area contributed by atoms with Gasteiger partial charge in [-0.3, -0.25) is 0 Å². The zero-order valence-corrected chi connectivity index (χ0v) is 10.5. The second kappa shape index (κ2) is 4.94. The molecule has 0 unspecified atom stereocenters. The van der Waals surface area contributed by atoms with Crippen LogP contribution in [0, 0.1) is 5.82 Å². The zero-order chi connectivity index (χ0) is 13.2. The zero-order valence-electron chi connectivity index (χ0n) is 10.5. The largest absolute Gasteiger partial charge is 0.463 e. The van der Waals surface area contributed by atoms with Gasteiger partial charge in [-0.05, 0) is 19.9 Å². The fraction of sp³-hybridized carbons (Fsp3) is 0.462. The number of benzene rings is 1. The molecule has 2 N–H and O–H groups in total. The van der Waals surface area contributed by atoms with E-state index in [1.165, 1.54) is 6.07 Å². The fourth-order valence-electron chi connectivity index (χ4n) is 2.17. The van der Waals surface area contributed by atoms with Gasteiger partial charge in [0.05, 0.1) is 0 Å². The number of amidine groups is 1. The lowest BCUT2D eigenvalue weighted by Crippen LogP contribution is -2.47. The van der Waals surface area contributed by atoms with Crippen molar-refractivity contribution in [2.75, 3.05) is 13.2 Å². The maximum absolute atomic E-state index is 14.0. The lowest BCUT2D eigenvalue weighted by Gasteiger charge is -2.37. The highest BCUT2D eigenvalue weighted by atomic mass is 19.1. The van der Waals surface area contributed by atoms with Gasteiger partial charge in [-0.1, -0.05) is 18.2 Å². The summed E-state index contributed by atoms with van der Waals surface area (Å²) >= 11 is 0. The van der Waals surface area contributed by atoms with Gasteiger partial charge in [-0.2, -0.15) is 0 Å². The molecule has 1 aliphatic rings. The molecule has 0 radical (unpaired) electrons. The quantitative estimate of drug-likeness (QED) is 0.892. The van der Waals surface area contributed by atoms with E-state index in [4.69, 9.17) is 15.2 Å². The summed E-state index contributed by atoms with van der Waals surface area (Å²) in [7, 11) is 0. The van der Waals surface area contributed by atoms with Gasteiger partial charge in [0.2, 0.25) is 0 Å². The van der Waals surface area contributed by atoms with Gasteiger partial charge < -0.3 is 15.2 Å². The molecule has 2 rings (SSSR count). The van der Waals surface area contributed by atoms with Gasteiger partial charge >= 0.3 is 0 Å². The Morgan fingerprint density at radius 3 is 2.94 bits per heavy atom. The van der Waals surface area contributed by atoms with E-state index >= 15 is 0 Å². The van der Waals surface area contributed by atoms with E-state index < -0.39 is 5.54 Å².